The van der Waals surface area contributed by atoms with E-state index in [1.807, 2.05) is 26.0 Å². The normalized spacial score (nSPS) is 10.6. The molecule has 1 heterocycles. The monoisotopic (exact) mass is 232 g/mol. The van der Waals surface area contributed by atoms with Gasteiger partial charge in [-0.3, -0.25) is 0 Å². The highest BCUT2D eigenvalue weighted by Crippen LogP contribution is 2.31. The van der Waals surface area contributed by atoms with Gasteiger partial charge >= 0.3 is 0 Å². The molecule has 0 aliphatic carbocycles. The number of ether oxygens (including phenoxy) is 1. The second-order valence-electron chi connectivity index (χ2n) is 4.03. The molecule has 90 valence electrons. The van der Waals surface area contributed by atoms with Crippen molar-refractivity contribution in [3.8, 4) is 17.0 Å². The average molecular weight is 232 g/mol. The fourth-order valence-electron chi connectivity index (χ4n) is 2.02. The Balaban J connectivity index is 2.60. The van der Waals surface area contributed by atoms with E-state index in [1.54, 1.807) is 13.4 Å². The summed E-state index contributed by atoms with van der Waals surface area (Å²) in [6.45, 7) is 4.48. The van der Waals surface area contributed by atoms with E-state index in [4.69, 9.17) is 15.0 Å². The zero-order valence-electron chi connectivity index (χ0n) is 10.3. The van der Waals surface area contributed by atoms with Gasteiger partial charge in [0.05, 0.1) is 7.11 Å². The van der Waals surface area contributed by atoms with E-state index in [1.165, 1.54) is 0 Å². The molecule has 4 nitrogen and oxygen atoms in total. The fourth-order valence-corrected chi connectivity index (χ4v) is 2.02. The molecule has 2 N–H and O–H groups in total. The summed E-state index contributed by atoms with van der Waals surface area (Å²) in [6, 6.07) is 3.97. The Labute approximate surface area is 100 Å². The number of hydrogen-bond acceptors (Lipinski definition) is 4. The van der Waals surface area contributed by atoms with Gasteiger partial charge in [0, 0.05) is 17.7 Å². The number of methoxy groups -OCH3 is 1. The van der Waals surface area contributed by atoms with Crippen LogP contribution < -0.4 is 10.5 Å². The van der Waals surface area contributed by atoms with Gasteiger partial charge in [0.25, 0.3) is 0 Å². The lowest BCUT2D eigenvalue weighted by Crippen LogP contribution is -1.99. The van der Waals surface area contributed by atoms with Crippen LogP contribution in [0.2, 0.25) is 0 Å². The predicted molar refractivity (Wildman–Crippen MR) is 65.9 cm³/mol. The van der Waals surface area contributed by atoms with E-state index in [9.17, 15) is 0 Å². The van der Waals surface area contributed by atoms with Crippen LogP contribution in [-0.2, 0) is 6.54 Å². The van der Waals surface area contributed by atoms with Crippen LogP contribution in [-0.4, -0.2) is 12.3 Å². The zero-order valence-corrected chi connectivity index (χ0v) is 10.3. The molecule has 17 heavy (non-hydrogen) atoms. The summed E-state index contributed by atoms with van der Waals surface area (Å²) in [6.07, 6.45) is 1.60. The molecule has 0 aliphatic rings. The molecule has 4 heteroatoms. The number of aromatic nitrogens is 1. The highest BCUT2D eigenvalue weighted by atomic mass is 16.5. The van der Waals surface area contributed by atoms with Crippen LogP contribution in [0.5, 0.6) is 5.75 Å². The molecule has 2 rings (SSSR count). The molecule has 0 bridgehead atoms. The van der Waals surface area contributed by atoms with Crippen molar-refractivity contribution in [2.75, 3.05) is 7.11 Å². The fraction of sp³-hybridized carbons (Fsp3) is 0.308. The van der Waals surface area contributed by atoms with Crippen molar-refractivity contribution >= 4 is 0 Å². The molecule has 0 amide bonds. The first kappa shape index (κ1) is 11.7. The van der Waals surface area contributed by atoms with Crippen LogP contribution in [0.4, 0.5) is 0 Å². The van der Waals surface area contributed by atoms with Gasteiger partial charge in [0.15, 0.2) is 0 Å². The number of rotatable bonds is 3. The first-order valence-electron chi connectivity index (χ1n) is 5.46. The summed E-state index contributed by atoms with van der Waals surface area (Å²) >= 11 is 0. The van der Waals surface area contributed by atoms with Crippen molar-refractivity contribution in [2.24, 2.45) is 5.73 Å². The Morgan fingerprint density at radius 2 is 1.94 bits per heavy atom. The minimum absolute atomic E-state index is 0.420. The summed E-state index contributed by atoms with van der Waals surface area (Å²) < 4.78 is 10.2. The third kappa shape index (κ3) is 2.03. The van der Waals surface area contributed by atoms with E-state index in [0.717, 1.165) is 33.7 Å². The molecule has 0 unspecified atom stereocenters. The van der Waals surface area contributed by atoms with Crippen molar-refractivity contribution in [1.82, 2.24) is 5.16 Å². The maximum atomic E-state index is 5.66. The molecule has 0 aliphatic heterocycles. The number of nitrogens with two attached hydrogens (primary N) is 1. The Morgan fingerprint density at radius 3 is 2.47 bits per heavy atom. The summed E-state index contributed by atoms with van der Waals surface area (Å²) in [4.78, 5) is 0. The van der Waals surface area contributed by atoms with Crippen LogP contribution in [0, 0.1) is 13.8 Å². The standard InChI is InChI=1S/C13H16N2O2/c1-8-4-11(16-3)5-9(2)12(8)13-10(6-14)7-17-15-13/h4-5,7H,6,14H2,1-3H3. The average Bonchev–Trinajstić information content (AvgIpc) is 2.76. The highest BCUT2D eigenvalue weighted by Gasteiger charge is 2.14. The molecule has 0 saturated heterocycles. The van der Waals surface area contributed by atoms with Crippen molar-refractivity contribution in [2.45, 2.75) is 20.4 Å². The maximum Gasteiger partial charge on any atom is 0.128 e. The molecule has 1 aromatic heterocycles. The highest BCUT2D eigenvalue weighted by molar-refractivity contribution is 5.71. The van der Waals surface area contributed by atoms with Crippen LogP contribution in [0.3, 0.4) is 0 Å². The SMILES string of the molecule is COc1cc(C)c(-c2nocc2CN)c(C)c1. The zero-order chi connectivity index (χ0) is 12.4. The number of nitrogens with zero attached hydrogens (tertiary/aromatic N) is 1. The van der Waals surface area contributed by atoms with Gasteiger partial charge in [-0.15, -0.1) is 0 Å². The molecule has 0 radical (unpaired) electrons. The largest absolute Gasteiger partial charge is 0.497 e. The summed E-state index contributed by atoms with van der Waals surface area (Å²) in [7, 11) is 1.66. The predicted octanol–water partition coefficient (Wildman–Crippen LogP) is 2.43. The smallest absolute Gasteiger partial charge is 0.128 e. The Bertz CT molecular complexity index is 509. The Morgan fingerprint density at radius 1 is 1.29 bits per heavy atom. The first-order valence-corrected chi connectivity index (χ1v) is 5.46. The Hall–Kier alpha value is -1.81. The summed E-state index contributed by atoms with van der Waals surface area (Å²) in [5, 5.41) is 4.04. The number of benzene rings is 1. The van der Waals surface area contributed by atoms with Gasteiger partial charge in [-0.1, -0.05) is 5.16 Å². The Kier molecular flexibility index (Phi) is 3.15. The van der Waals surface area contributed by atoms with Gasteiger partial charge in [-0.2, -0.15) is 0 Å². The lowest BCUT2D eigenvalue weighted by molar-refractivity contribution is 0.414. The van der Waals surface area contributed by atoms with Crippen molar-refractivity contribution in [3.63, 3.8) is 0 Å². The van der Waals surface area contributed by atoms with E-state index >= 15 is 0 Å². The maximum absolute atomic E-state index is 5.66. The van der Waals surface area contributed by atoms with Gasteiger partial charge in [0.2, 0.25) is 0 Å². The molecule has 1 aromatic carbocycles. The van der Waals surface area contributed by atoms with E-state index in [-0.39, 0.29) is 0 Å². The summed E-state index contributed by atoms with van der Waals surface area (Å²) in [5.74, 6) is 0.849. The number of aryl methyl sites for hydroxylation is 2. The molecular formula is C13H16N2O2. The molecule has 0 saturated carbocycles. The van der Waals surface area contributed by atoms with E-state index < -0.39 is 0 Å². The minimum Gasteiger partial charge on any atom is -0.497 e. The molecular weight excluding hydrogens is 216 g/mol. The molecule has 0 spiro atoms. The van der Waals surface area contributed by atoms with Crippen LogP contribution >= 0.6 is 0 Å². The van der Waals surface area contributed by atoms with E-state index in [0.29, 0.717) is 6.54 Å². The molecule has 0 atom stereocenters. The third-order valence-corrected chi connectivity index (χ3v) is 2.84. The van der Waals surface area contributed by atoms with Crippen molar-refractivity contribution < 1.29 is 9.26 Å². The van der Waals surface area contributed by atoms with Gasteiger partial charge in [-0.05, 0) is 37.1 Å². The molecule has 2 aromatic rings. The van der Waals surface area contributed by atoms with E-state index in [2.05, 4.69) is 5.16 Å². The van der Waals surface area contributed by atoms with Gasteiger partial charge in [-0.25, -0.2) is 0 Å². The second-order valence-corrected chi connectivity index (χ2v) is 4.03. The van der Waals surface area contributed by atoms with Crippen molar-refractivity contribution in [3.05, 3.63) is 35.1 Å². The van der Waals surface area contributed by atoms with Crippen LogP contribution in [0.25, 0.3) is 11.3 Å². The number of hydrogen-bond donors (Lipinski definition) is 1. The first-order chi connectivity index (χ1) is 8.17. The topological polar surface area (TPSA) is 61.3 Å². The summed E-state index contributed by atoms with van der Waals surface area (Å²) in [5.41, 5.74) is 10.7. The van der Waals surface area contributed by atoms with Crippen molar-refractivity contribution in [1.29, 1.82) is 0 Å². The lowest BCUT2D eigenvalue weighted by atomic mass is 9.97. The second kappa shape index (κ2) is 4.59. The van der Waals surface area contributed by atoms with Crippen LogP contribution in [0.1, 0.15) is 16.7 Å². The molecule has 0 fully saturated rings. The van der Waals surface area contributed by atoms with Gasteiger partial charge in [0.1, 0.15) is 17.7 Å². The van der Waals surface area contributed by atoms with Crippen LogP contribution in [0.15, 0.2) is 22.9 Å². The quantitative estimate of drug-likeness (QED) is 0.882. The lowest BCUT2D eigenvalue weighted by Gasteiger charge is -2.10. The van der Waals surface area contributed by atoms with Gasteiger partial charge < -0.3 is 15.0 Å². The third-order valence-electron chi connectivity index (χ3n) is 2.84. The minimum atomic E-state index is 0.420.